The third kappa shape index (κ3) is 4.13. The van der Waals surface area contributed by atoms with E-state index in [1.54, 1.807) is 18.2 Å². The van der Waals surface area contributed by atoms with Crippen molar-refractivity contribution in [2.45, 2.75) is 57.9 Å². The second kappa shape index (κ2) is 8.21. The molecule has 1 aromatic carbocycles. The van der Waals surface area contributed by atoms with Gasteiger partial charge in [-0.3, -0.25) is 9.59 Å². The topological polar surface area (TPSA) is 71.3 Å². The number of benzene rings is 1. The molecule has 0 spiro atoms. The predicted molar refractivity (Wildman–Crippen MR) is 108 cm³/mol. The lowest BCUT2D eigenvalue weighted by Crippen LogP contribution is -2.41. The van der Waals surface area contributed by atoms with Crippen LogP contribution in [0.3, 0.4) is 0 Å². The highest BCUT2D eigenvalue weighted by Gasteiger charge is 2.32. The molecule has 28 heavy (non-hydrogen) atoms. The number of aryl methyl sites for hydroxylation is 1. The lowest BCUT2D eigenvalue weighted by Gasteiger charge is -2.39. The van der Waals surface area contributed by atoms with Crippen molar-refractivity contribution in [3.8, 4) is 0 Å². The number of nitrogens with one attached hydrogen (secondary N) is 2. The number of rotatable bonds is 4. The van der Waals surface area contributed by atoms with Crippen molar-refractivity contribution in [1.82, 2.24) is 5.32 Å². The first-order valence-electron chi connectivity index (χ1n) is 10.4. The second-order valence-electron chi connectivity index (χ2n) is 8.25. The van der Waals surface area contributed by atoms with Crippen LogP contribution in [-0.4, -0.2) is 17.9 Å². The first kappa shape index (κ1) is 18.8. The van der Waals surface area contributed by atoms with E-state index < -0.39 is 0 Å². The van der Waals surface area contributed by atoms with E-state index in [0.29, 0.717) is 11.3 Å². The first-order valence-corrected chi connectivity index (χ1v) is 10.4. The minimum atomic E-state index is -0.318. The molecule has 3 atom stereocenters. The lowest BCUT2D eigenvalue weighted by molar-refractivity contribution is 0.0878. The van der Waals surface area contributed by atoms with Crippen molar-refractivity contribution in [2.75, 3.05) is 5.32 Å². The molecule has 2 amide bonds. The molecular formula is C23H28N2O3. The number of carbonyl (C=O) groups is 2. The maximum Gasteiger partial charge on any atom is 0.291 e. The van der Waals surface area contributed by atoms with Crippen LogP contribution in [-0.2, 0) is 0 Å². The maximum atomic E-state index is 12.8. The van der Waals surface area contributed by atoms with Gasteiger partial charge in [0.15, 0.2) is 5.76 Å². The summed E-state index contributed by atoms with van der Waals surface area (Å²) in [5, 5.41) is 6.06. The zero-order valence-corrected chi connectivity index (χ0v) is 16.4. The molecule has 1 aromatic heterocycles. The fourth-order valence-corrected chi connectivity index (χ4v) is 4.76. The molecule has 0 unspecified atom stereocenters. The molecule has 0 aliphatic heterocycles. The quantitative estimate of drug-likeness (QED) is 0.790. The van der Waals surface area contributed by atoms with Crippen molar-refractivity contribution in [3.05, 3.63) is 53.5 Å². The van der Waals surface area contributed by atoms with Crippen LogP contribution in [0.1, 0.15) is 71.4 Å². The number of furan rings is 1. The standard InChI is InChI=1S/C23H28N2O3/c1-15-8-9-18(14-20(15)25-23(27)21-7-4-12-28-21)22(26)24-19-11-10-16-5-2-3-6-17(16)13-19/h4,7-9,12,14,16-17,19H,2-3,5-6,10-11,13H2,1H3,(H,24,26)(H,25,27)/t16-,17-,19+/m0/s1. The first-order chi connectivity index (χ1) is 13.6. The van der Waals surface area contributed by atoms with E-state index in [9.17, 15) is 9.59 Å². The molecule has 5 nitrogen and oxygen atoms in total. The fraction of sp³-hybridized carbons (Fsp3) is 0.478. The molecule has 2 aliphatic carbocycles. The Morgan fingerprint density at radius 2 is 1.82 bits per heavy atom. The van der Waals surface area contributed by atoms with Crippen LogP contribution in [0.4, 0.5) is 5.69 Å². The van der Waals surface area contributed by atoms with Crippen molar-refractivity contribution >= 4 is 17.5 Å². The Morgan fingerprint density at radius 1 is 1.00 bits per heavy atom. The van der Waals surface area contributed by atoms with Gasteiger partial charge in [0, 0.05) is 17.3 Å². The third-order valence-electron chi connectivity index (χ3n) is 6.37. The number of anilines is 1. The molecular weight excluding hydrogens is 352 g/mol. The molecule has 2 aromatic rings. The molecule has 2 fully saturated rings. The minimum absolute atomic E-state index is 0.0623. The van der Waals surface area contributed by atoms with Gasteiger partial charge in [-0.1, -0.05) is 31.7 Å². The Hall–Kier alpha value is -2.56. The Labute approximate surface area is 165 Å². The van der Waals surface area contributed by atoms with Crippen LogP contribution in [0.5, 0.6) is 0 Å². The molecule has 148 valence electrons. The zero-order valence-electron chi connectivity index (χ0n) is 16.4. The Kier molecular flexibility index (Phi) is 5.51. The van der Waals surface area contributed by atoms with Gasteiger partial charge in [-0.25, -0.2) is 0 Å². The number of hydrogen-bond acceptors (Lipinski definition) is 3. The zero-order chi connectivity index (χ0) is 19.5. The predicted octanol–water partition coefficient (Wildman–Crippen LogP) is 4.93. The monoisotopic (exact) mass is 380 g/mol. The van der Waals surface area contributed by atoms with Gasteiger partial charge in [0.2, 0.25) is 0 Å². The summed E-state index contributed by atoms with van der Waals surface area (Å²) in [5.74, 6) is 1.51. The van der Waals surface area contributed by atoms with Gasteiger partial charge in [-0.2, -0.15) is 0 Å². The molecule has 5 heteroatoms. The van der Waals surface area contributed by atoms with E-state index in [1.807, 2.05) is 19.1 Å². The lowest BCUT2D eigenvalue weighted by atomic mass is 9.69. The van der Waals surface area contributed by atoms with Gasteiger partial charge < -0.3 is 15.1 Å². The highest BCUT2D eigenvalue weighted by Crippen LogP contribution is 2.40. The van der Waals surface area contributed by atoms with E-state index in [2.05, 4.69) is 10.6 Å². The molecule has 1 heterocycles. The van der Waals surface area contributed by atoms with Gasteiger partial charge in [0.1, 0.15) is 0 Å². The van der Waals surface area contributed by atoms with Crippen molar-refractivity contribution in [1.29, 1.82) is 0 Å². The SMILES string of the molecule is Cc1ccc(C(=O)N[C@@H]2CC[C@@H]3CCCC[C@H]3C2)cc1NC(=O)c1ccco1. The van der Waals surface area contributed by atoms with Crippen LogP contribution >= 0.6 is 0 Å². The smallest absolute Gasteiger partial charge is 0.291 e. The number of fused-ring (bicyclic) bond motifs is 1. The molecule has 4 rings (SSSR count). The molecule has 2 N–H and O–H groups in total. The molecule has 2 saturated carbocycles. The largest absolute Gasteiger partial charge is 0.459 e. The van der Waals surface area contributed by atoms with Gasteiger partial charge >= 0.3 is 0 Å². The Balaban J connectivity index is 1.41. The Bertz CT molecular complexity index is 844. The van der Waals surface area contributed by atoms with Gasteiger partial charge in [0.05, 0.1) is 6.26 Å². The van der Waals surface area contributed by atoms with E-state index in [4.69, 9.17) is 4.42 Å². The molecule has 2 aliphatic rings. The summed E-state index contributed by atoms with van der Waals surface area (Å²) >= 11 is 0. The average molecular weight is 380 g/mol. The summed E-state index contributed by atoms with van der Waals surface area (Å²) in [5.41, 5.74) is 2.11. The summed E-state index contributed by atoms with van der Waals surface area (Å²) in [7, 11) is 0. The van der Waals surface area contributed by atoms with Crippen LogP contribution < -0.4 is 10.6 Å². The number of amides is 2. The second-order valence-corrected chi connectivity index (χ2v) is 8.25. The summed E-state index contributed by atoms with van der Waals surface area (Å²) in [6.45, 7) is 1.91. The normalized spacial score (nSPS) is 24.2. The van der Waals surface area contributed by atoms with E-state index in [1.165, 1.54) is 38.4 Å². The molecule has 0 bridgehead atoms. The van der Waals surface area contributed by atoms with Crippen LogP contribution in [0.2, 0.25) is 0 Å². The van der Waals surface area contributed by atoms with E-state index in [-0.39, 0.29) is 23.6 Å². The Morgan fingerprint density at radius 3 is 2.61 bits per heavy atom. The van der Waals surface area contributed by atoms with Crippen molar-refractivity contribution < 1.29 is 14.0 Å². The van der Waals surface area contributed by atoms with E-state index >= 15 is 0 Å². The minimum Gasteiger partial charge on any atom is -0.459 e. The summed E-state index contributed by atoms with van der Waals surface area (Å²) in [6.07, 6.45) is 10.2. The van der Waals surface area contributed by atoms with E-state index in [0.717, 1.165) is 30.2 Å². The third-order valence-corrected chi connectivity index (χ3v) is 6.37. The molecule has 0 saturated heterocycles. The summed E-state index contributed by atoms with van der Waals surface area (Å²) < 4.78 is 5.14. The number of carbonyl (C=O) groups excluding carboxylic acids is 2. The summed E-state index contributed by atoms with van der Waals surface area (Å²) in [4.78, 5) is 25.1. The average Bonchev–Trinajstić information content (AvgIpc) is 3.24. The van der Waals surface area contributed by atoms with Gasteiger partial charge in [0.25, 0.3) is 11.8 Å². The molecule has 0 radical (unpaired) electrons. The van der Waals surface area contributed by atoms with Crippen LogP contribution in [0, 0.1) is 18.8 Å². The highest BCUT2D eigenvalue weighted by atomic mass is 16.3. The van der Waals surface area contributed by atoms with Gasteiger partial charge in [-0.05, 0) is 67.9 Å². The maximum absolute atomic E-state index is 12.8. The van der Waals surface area contributed by atoms with Crippen molar-refractivity contribution in [2.24, 2.45) is 11.8 Å². The fourth-order valence-electron chi connectivity index (χ4n) is 4.76. The number of hydrogen-bond donors (Lipinski definition) is 2. The van der Waals surface area contributed by atoms with Crippen LogP contribution in [0.15, 0.2) is 41.0 Å². The van der Waals surface area contributed by atoms with Crippen molar-refractivity contribution in [3.63, 3.8) is 0 Å². The van der Waals surface area contributed by atoms with Crippen LogP contribution in [0.25, 0.3) is 0 Å². The highest BCUT2D eigenvalue weighted by molar-refractivity contribution is 6.03. The van der Waals surface area contributed by atoms with Gasteiger partial charge in [-0.15, -0.1) is 0 Å². The summed E-state index contributed by atoms with van der Waals surface area (Å²) in [6, 6.07) is 8.98.